The average molecular weight is 355 g/mol. The quantitative estimate of drug-likeness (QED) is 0.785. The molecule has 0 amide bonds. The van der Waals surface area contributed by atoms with Crippen molar-refractivity contribution in [1.29, 1.82) is 0 Å². The third-order valence-corrected chi connectivity index (χ3v) is 4.13. The van der Waals surface area contributed by atoms with E-state index in [0.717, 1.165) is 6.20 Å². The molecular weight excluding hydrogens is 338 g/mol. The standard InChI is InChI=1S/C15H17NO7S/c1-20-12-6-5-10(13(21-2)14(12)22-3)11-7-9(24(17,18)19)8-16-15(11)23-4/h5-8H,1-4H3,(H,17,18,19). The van der Waals surface area contributed by atoms with Crippen LogP contribution in [0.2, 0.25) is 0 Å². The van der Waals surface area contributed by atoms with Crippen LogP contribution >= 0.6 is 0 Å². The summed E-state index contributed by atoms with van der Waals surface area (Å²) in [4.78, 5) is 3.56. The predicted octanol–water partition coefficient (Wildman–Crippen LogP) is 2.03. The summed E-state index contributed by atoms with van der Waals surface area (Å²) < 4.78 is 53.1. The van der Waals surface area contributed by atoms with Gasteiger partial charge in [-0.15, -0.1) is 0 Å². The first-order valence-electron chi connectivity index (χ1n) is 6.68. The van der Waals surface area contributed by atoms with Crippen LogP contribution in [-0.4, -0.2) is 46.4 Å². The minimum absolute atomic E-state index is 0.160. The van der Waals surface area contributed by atoms with Crippen molar-refractivity contribution < 1.29 is 31.9 Å². The van der Waals surface area contributed by atoms with E-state index in [2.05, 4.69) is 4.98 Å². The van der Waals surface area contributed by atoms with Crippen LogP contribution in [0.3, 0.4) is 0 Å². The number of aromatic nitrogens is 1. The van der Waals surface area contributed by atoms with Gasteiger partial charge in [-0.05, 0) is 18.2 Å². The maximum Gasteiger partial charge on any atom is 0.296 e. The van der Waals surface area contributed by atoms with Crippen molar-refractivity contribution >= 4 is 10.1 Å². The summed E-state index contributed by atoms with van der Waals surface area (Å²) in [6.45, 7) is 0. The smallest absolute Gasteiger partial charge is 0.296 e. The van der Waals surface area contributed by atoms with Crippen LogP contribution < -0.4 is 18.9 Å². The summed E-state index contributed by atoms with van der Waals surface area (Å²) in [5, 5.41) is 0. The number of nitrogens with zero attached hydrogens (tertiary/aromatic N) is 1. The molecule has 1 N–H and O–H groups in total. The van der Waals surface area contributed by atoms with Crippen LogP contribution in [0.25, 0.3) is 11.1 Å². The highest BCUT2D eigenvalue weighted by atomic mass is 32.2. The average Bonchev–Trinajstić information content (AvgIpc) is 2.58. The van der Waals surface area contributed by atoms with Gasteiger partial charge in [-0.3, -0.25) is 4.55 Å². The number of rotatable bonds is 6. The summed E-state index contributed by atoms with van der Waals surface area (Å²) in [6.07, 6.45) is 1.00. The molecule has 0 aliphatic heterocycles. The van der Waals surface area contributed by atoms with Crippen molar-refractivity contribution in [3.63, 3.8) is 0 Å². The maximum atomic E-state index is 11.4. The monoisotopic (exact) mass is 355 g/mol. The SMILES string of the molecule is COc1ccc(-c2cc(S(=O)(=O)O)cnc2OC)c(OC)c1OC. The molecule has 8 nitrogen and oxygen atoms in total. The molecule has 0 aliphatic rings. The molecule has 0 bridgehead atoms. The number of methoxy groups -OCH3 is 4. The van der Waals surface area contributed by atoms with Gasteiger partial charge in [0.05, 0.1) is 34.6 Å². The summed E-state index contributed by atoms with van der Waals surface area (Å²) in [5.41, 5.74) is 0.774. The molecule has 0 aliphatic carbocycles. The molecule has 24 heavy (non-hydrogen) atoms. The molecule has 0 saturated carbocycles. The van der Waals surface area contributed by atoms with Crippen molar-refractivity contribution in [1.82, 2.24) is 4.98 Å². The highest BCUT2D eigenvalue weighted by Crippen LogP contribution is 2.46. The highest BCUT2D eigenvalue weighted by Gasteiger charge is 2.22. The Labute approximate surface area is 139 Å². The van der Waals surface area contributed by atoms with Crippen molar-refractivity contribution in [3.8, 4) is 34.3 Å². The Balaban J connectivity index is 2.80. The lowest BCUT2D eigenvalue weighted by Crippen LogP contribution is -2.02. The van der Waals surface area contributed by atoms with Gasteiger partial charge < -0.3 is 18.9 Å². The first kappa shape index (κ1) is 17.8. The van der Waals surface area contributed by atoms with Gasteiger partial charge in [0.2, 0.25) is 11.6 Å². The van der Waals surface area contributed by atoms with Gasteiger partial charge in [-0.25, -0.2) is 4.98 Å². The van der Waals surface area contributed by atoms with E-state index >= 15 is 0 Å². The predicted molar refractivity (Wildman–Crippen MR) is 85.7 cm³/mol. The fraction of sp³-hybridized carbons (Fsp3) is 0.267. The minimum Gasteiger partial charge on any atom is -0.493 e. The van der Waals surface area contributed by atoms with Crippen LogP contribution in [0.4, 0.5) is 0 Å². The van der Waals surface area contributed by atoms with Crippen molar-refractivity contribution in [2.75, 3.05) is 28.4 Å². The molecule has 0 fully saturated rings. The van der Waals surface area contributed by atoms with Crippen LogP contribution in [-0.2, 0) is 10.1 Å². The zero-order valence-corrected chi connectivity index (χ0v) is 14.4. The Hall–Kier alpha value is -2.52. The lowest BCUT2D eigenvalue weighted by Gasteiger charge is -2.17. The third-order valence-electron chi connectivity index (χ3n) is 3.31. The molecule has 2 rings (SSSR count). The summed E-state index contributed by atoms with van der Waals surface area (Å²) in [5.74, 6) is 1.24. The fourth-order valence-corrected chi connectivity index (χ4v) is 2.70. The van der Waals surface area contributed by atoms with E-state index in [9.17, 15) is 13.0 Å². The molecule has 0 atom stereocenters. The number of hydrogen-bond donors (Lipinski definition) is 1. The van der Waals surface area contributed by atoms with E-state index in [1.54, 1.807) is 12.1 Å². The number of benzene rings is 1. The minimum atomic E-state index is -4.42. The summed E-state index contributed by atoms with van der Waals surface area (Å²) in [7, 11) is 1.35. The molecule has 1 aromatic carbocycles. The Morgan fingerprint density at radius 3 is 2.08 bits per heavy atom. The van der Waals surface area contributed by atoms with Crippen molar-refractivity contribution in [3.05, 3.63) is 24.4 Å². The molecule has 0 radical (unpaired) electrons. The first-order chi connectivity index (χ1) is 11.4. The summed E-state index contributed by atoms with van der Waals surface area (Å²) >= 11 is 0. The maximum absolute atomic E-state index is 11.4. The van der Waals surface area contributed by atoms with E-state index < -0.39 is 10.1 Å². The van der Waals surface area contributed by atoms with E-state index in [4.69, 9.17) is 18.9 Å². The normalized spacial score (nSPS) is 11.0. The first-order valence-corrected chi connectivity index (χ1v) is 8.12. The van der Waals surface area contributed by atoms with Gasteiger partial charge in [0.1, 0.15) is 4.90 Å². The number of hydrogen-bond acceptors (Lipinski definition) is 7. The van der Waals surface area contributed by atoms with Crippen LogP contribution in [0.1, 0.15) is 0 Å². The second-order valence-electron chi connectivity index (χ2n) is 4.58. The Kier molecular flexibility index (Phi) is 5.15. The molecular formula is C15H17NO7S. The Morgan fingerprint density at radius 1 is 0.917 bits per heavy atom. The largest absolute Gasteiger partial charge is 0.493 e. The van der Waals surface area contributed by atoms with Crippen molar-refractivity contribution in [2.45, 2.75) is 4.90 Å². The third kappa shape index (κ3) is 3.22. The van der Waals surface area contributed by atoms with E-state index in [-0.39, 0.29) is 10.8 Å². The van der Waals surface area contributed by atoms with Gasteiger partial charge in [0.25, 0.3) is 10.1 Å². The van der Waals surface area contributed by atoms with Crippen LogP contribution in [0.15, 0.2) is 29.3 Å². The molecule has 0 saturated heterocycles. The summed E-state index contributed by atoms with van der Waals surface area (Å²) in [6, 6.07) is 4.52. The van der Waals surface area contributed by atoms with Gasteiger partial charge in [0.15, 0.2) is 11.5 Å². The van der Waals surface area contributed by atoms with Gasteiger partial charge in [-0.2, -0.15) is 8.42 Å². The molecule has 1 aromatic heterocycles. The lowest BCUT2D eigenvalue weighted by atomic mass is 10.0. The Morgan fingerprint density at radius 2 is 1.58 bits per heavy atom. The molecule has 9 heteroatoms. The van der Waals surface area contributed by atoms with Gasteiger partial charge in [-0.1, -0.05) is 0 Å². The molecule has 0 spiro atoms. The van der Waals surface area contributed by atoms with Gasteiger partial charge in [0, 0.05) is 11.1 Å². The zero-order valence-electron chi connectivity index (χ0n) is 13.6. The highest BCUT2D eigenvalue weighted by molar-refractivity contribution is 7.85. The fourth-order valence-electron chi connectivity index (χ4n) is 2.24. The molecule has 0 unspecified atom stereocenters. The second kappa shape index (κ2) is 6.93. The molecule has 1 heterocycles. The second-order valence-corrected chi connectivity index (χ2v) is 6.01. The van der Waals surface area contributed by atoms with E-state index in [0.29, 0.717) is 28.4 Å². The van der Waals surface area contributed by atoms with E-state index in [1.165, 1.54) is 34.5 Å². The Bertz CT molecular complexity index is 849. The van der Waals surface area contributed by atoms with Crippen LogP contribution in [0.5, 0.6) is 23.1 Å². The van der Waals surface area contributed by atoms with Gasteiger partial charge >= 0.3 is 0 Å². The lowest BCUT2D eigenvalue weighted by molar-refractivity contribution is 0.325. The van der Waals surface area contributed by atoms with Crippen LogP contribution in [0, 0.1) is 0 Å². The number of ether oxygens (including phenoxy) is 4. The topological polar surface area (TPSA) is 104 Å². The number of pyridine rings is 1. The van der Waals surface area contributed by atoms with Crippen molar-refractivity contribution in [2.24, 2.45) is 0 Å². The molecule has 130 valence electrons. The zero-order chi connectivity index (χ0) is 17.9. The van der Waals surface area contributed by atoms with E-state index in [1.807, 2.05) is 0 Å². The molecule has 2 aromatic rings.